The molecule has 2 aromatic rings. The van der Waals surface area contributed by atoms with Crippen molar-refractivity contribution in [2.75, 3.05) is 0 Å². The topological polar surface area (TPSA) is 17.1 Å². The monoisotopic (exact) mass is 246 g/mol. The number of hydrogen-bond donors (Lipinski definition) is 0. The number of benzene rings is 2. The molecule has 0 aliphatic carbocycles. The normalized spacial score (nSPS) is 9.95. The molecule has 0 aliphatic rings. The highest BCUT2D eigenvalue weighted by atomic mass is 16.1. The molecular weight excluding hydrogens is 232 g/mol. The van der Waals surface area contributed by atoms with Gasteiger partial charge in [-0.3, -0.25) is 4.79 Å². The van der Waals surface area contributed by atoms with Gasteiger partial charge in [-0.25, -0.2) is 0 Å². The van der Waals surface area contributed by atoms with E-state index in [1.165, 1.54) is 0 Å². The van der Waals surface area contributed by atoms with E-state index in [0.717, 1.165) is 11.1 Å². The summed E-state index contributed by atoms with van der Waals surface area (Å²) in [7, 11) is 0. The molecule has 19 heavy (non-hydrogen) atoms. The van der Waals surface area contributed by atoms with Crippen LogP contribution in [0.1, 0.15) is 21.5 Å². The van der Waals surface area contributed by atoms with Crippen LogP contribution in [0.15, 0.2) is 60.7 Å². The molecular formula is C18H14O. The lowest BCUT2D eigenvalue weighted by atomic mass is 10.1. The van der Waals surface area contributed by atoms with Crippen LogP contribution in [0.2, 0.25) is 0 Å². The average molecular weight is 246 g/mol. The standard InChI is InChI=1S/C18H14O/c1-15-11-13-17(14-12-15)18(19)10-6-5-9-16-7-3-2-4-8-16/h2-5,7-9,11-14H,1H3. The minimum Gasteiger partial charge on any atom is -0.279 e. The molecule has 0 atom stereocenters. The van der Waals surface area contributed by atoms with Gasteiger partial charge in [0.2, 0.25) is 5.78 Å². The molecule has 0 fully saturated rings. The summed E-state index contributed by atoms with van der Waals surface area (Å²) in [6, 6.07) is 17.3. The molecule has 2 rings (SSSR count). The van der Waals surface area contributed by atoms with E-state index in [-0.39, 0.29) is 5.78 Å². The summed E-state index contributed by atoms with van der Waals surface area (Å²) in [6.45, 7) is 1.99. The van der Waals surface area contributed by atoms with Crippen molar-refractivity contribution in [2.45, 2.75) is 6.92 Å². The summed E-state index contributed by atoms with van der Waals surface area (Å²) in [6.07, 6.45) is 3.58. The summed E-state index contributed by atoms with van der Waals surface area (Å²) in [4.78, 5) is 11.8. The summed E-state index contributed by atoms with van der Waals surface area (Å²) in [5, 5.41) is 0. The van der Waals surface area contributed by atoms with Gasteiger partial charge in [-0.05, 0) is 30.6 Å². The molecule has 1 nitrogen and oxygen atoms in total. The zero-order chi connectivity index (χ0) is 13.5. The first-order valence-corrected chi connectivity index (χ1v) is 6.10. The largest absolute Gasteiger partial charge is 0.279 e. The second kappa shape index (κ2) is 6.37. The smallest absolute Gasteiger partial charge is 0.236 e. The van der Waals surface area contributed by atoms with Crippen molar-refractivity contribution >= 4 is 11.9 Å². The van der Waals surface area contributed by atoms with Crippen LogP contribution in [0.3, 0.4) is 0 Å². The Labute approximate surface area is 113 Å². The summed E-state index contributed by atoms with van der Waals surface area (Å²) >= 11 is 0. The van der Waals surface area contributed by atoms with Gasteiger partial charge in [-0.2, -0.15) is 0 Å². The van der Waals surface area contributed by atoms with Gasteiger partial charge >= 0.3 is 0 Å². The molecule has 0 N–H and O–H groups in total. The van der Waals surface area contributed by atoms with Crippen molar-refractivity contribution in [2.24, 2.45) is 0 Å². The number of carbonyl (C=O) groups is 1. The number of carbonyl (C=O) groups excluding carboxylic acids is 1. The highest BCUT2D eigenvalue weighted by molar-refractivity contribution is 6.09. The predicted molar refractivity (Wildman–Crippen MR) is 78.8 cm³/mol. The van der Waals surface area contributed by atoms with Crippen LogP contribution >= 0.6 is 0 Å². The van der Waals surface area contributed by atoms with Gasteiger partial charge in [0, 0.05) is 5.56 Å². The van der Waals surface area contributed by atoms with Crippen LogP contribution in [-0.2, 0) is 0 Å². The van der Waals surface area contributed by atoms with Crippen LogP contribution in [0.4, 0.5) is 0 Å². The highest BCUT2D eigenvalue weighted by Gasteiger charge is 1.99. The van der Waals surface area contributed by atoms with Crippen molar-refractivity contribution in [1.29, 1.82) is 0 Å². The molecule has 0 bridgehead atoms. The minimum atomic E-state index is -0.155. The SMILES string of the molecule is Cc1ccc(C(=O)C#CC=Cc2ccccc2)cc1. The van der Waals surface area contributed by atoms with E-state index in [0.29, 0.717) is 5.56 Å². The van der Waals surface area contributed by atoms with E-state index in [1.54, 1.807) is 18.2 Å². The van der Waals surface area contributed by atoms with E-state index < -0.39 is 0 Å². The molecule has 92 valence electrons. The second-order valence-corrected chi connectivity index (χ2v) is 4.21. The zero-order valence-electron chi connectivity index (χ0n) is 10.8. The quantitative estimate of drug-likeness (QED) is 0.446. The summed E-state index contributed by atoms with van der Waals surface area (Å²) in [5.74, 6) is 5.22. The molecule has 1 heteroatoms. The highest BCUT2D eigenvalue weighted by Crippen LogP contribution is 2.03. The van der Waals surface area contributed by atoms with E-state index >= 15 is 0 Å². The second-order valence-electron chi connectivity index (χ2n) is 4.21. The lowest BCUT2D eigenvalue weighted by Gasteiger charge is -1.94. The predicted octanol–water partition coefficient (Wildman–Crippen LogP) is 3.89. The first-order chi connectivity index (χ1) is 9.25. The van der Waals surface area contributed by atoms with Gasteiger partial charge in [0.1, 0.15) is 0 Å². The van der Waals surface area contributed by atoms with Gasteiger partial charge in [0.25, 0.3) is 0 Å². The molecule has 0 heterocycles. The maximum Gasteiger partial charge on any atom is 0.236 e. The van der Waals surface area contributed by atoms with Crippen LogP contribution in [0.25, 0.3) is 6.08 Å². The Hall–Kier alpha value is -2.59. The van der Waals surface area contributed by atoms with E-state index in [9.17, 15) is 4.79 Å². The van der Waals surface area contributed by atoms with E-state index in [1.807, 2.05) is 55.5 Å². The van der Waals surface area contributed by atoms with Crippen molar-refractivity contribution in [3.05, 3.63) is 77.4 Å². The van der Waals surface area contributed by atoms with Gasteiger partial charge in [0.15, 0.2) is 0 Å². The molecule has 0 spiro atoms. The Morgan fingerprint density at radius 1 is 1.00 bits per heavy atom. The van der Waals surface area contributed by atoms with Gasteiger partial charge in [-0.1, -0.05) is 66.1 Å². The van der Waals surface area contributed by atoms with E-state index in [2.05, 4.69) is 11.8 Å². The number of allylic oxidation sites excluding steroid dienone is 1. The van der Waals surface area contributed by atoms with Crippen LogP contribution in [0.5, 0.6) is 0 Å². The zero-order valence-corrected chi connectivity index (χ0v) is 10.8. The van der Waals surface area contributed by atoms with Gasteiger partial charge < -0.3 is 0 Å². The fourth-order valence-corrected chi connectivity index (χ4v) is 1.59. The van der Waals surface area contributed by atoms with Crippen molar-refractivity contribution < 1.29 is 4.79 Å². The van der Waals surface area contributed by atoms with Crippen LogP contribution < -0.4 is 0 Å². The molecule has 0 aromatic heterocycles. The average Bonchev–Trinajstić information content (AvgIpc) is 2.45. The third kappa shape index (κ3) is 3.97. The lowest BCUT2D eigenvalue weighted by Crippen LogP contribution is -1.93. The number of ketones is 1. The Morgan fingerprint density at radius 3 is 2.37 bits per heavy atom. The maximum atomic E-state index is 11.8. The first-order valence-electron chi connectivity index (χ1n) is 6.10. The first kappa shape index (κ1) is 12.9. The molecule has 0 aliphatic heterocycles. The Kier molecular flexibility index (Phi) is 4.31. The molecule has 0 amide bonds. The summed E-state index contributed by atoms with van der Waals surface area (Å²) in [5.41, 5.74) is 2.83. The Balaban J connectivity index is 2.02. The molecule has 0 radical (unpaired) electrons. The minimum absolute atomic E-state index is 0.155. The fourth-order valence-electron chi connectivity index (χ4n) is 1.59. The number of rotatable bonds is 2. The van der Waals surface area contributed by atoms with Crippen LogP contribution in [0, 0.1) is 18.8 Å². The van der Waals surface area contributed by atoms with Gasteiger partial charge in [-0.15, -0.1) is 0 Å². The van der Waals surface area contributed by atoms with Crippen LogP contribution in [-0.4, -0.2) is 5.78 Å². The van der Waals surface area contributed by atoms with Crippen molar-refractivity contribution in [3.8, 4) is 11.8 Å². The summed E-state index contributed by atoms with van der Waals surface area (Å²) < 4.78 is 0. The molecule has 0 unspecified atom stereocenters. The van der Waals surface area contributed by atoms with Gasteiger partial charge in [0.05, 0.1) is 0 Å². The molecule has 0 saturated carbocycles. The third-order valence-corrected chi connectivity index (χ3v) is 2.66. The van der Waals surface area contributed by atoms with Crippen molar-refractivity contribution in [3.63, 3.8) is 0 Å². The number of Topliss-reactive ketones (excluding diaryl/α,β-unsaturated/α-hetero) is 1. The molecule has 2 aromatic carbocycles. The fraction of sp³-hybridized carbons (Fsp3) is 0.0556. The Bertz CT molecular complexity index is 638. The number of hydrogen-bond acceptors (Lipinski definition) is 1. The van der Waals surface area contributed by atoms with Crippen molar-refractivity contribution in [1.82, 2.24) is 0 Å². The third-order valence-electron chi connectivity index (χ3n) is 2.66. The molecule has 0 saturated heterocycles. The number of aryl methyl sites for hydroxylation is 1. The maximum absolute atomic E-state index is 11.8. The lowest BCUT2D eigenvalue weighted by molar-refractivity contribution is 0.105. The van der Waals surface area contributed by atoms with E-state index in [4.69, 9.17) is 0 Å². The Morgan fingerprint density at radius 2 is 1.68 bits per heavy atom.